The molecule has 3 rings (SSSR count). The second-order valence-corrected chi connectivity index (χ2v) is 5.54. The Hall–Kier alpha value is -2.43. The quantitative estimate of drug-likeness (QED) is 0.494. The van der Waals surface area contributed by atoms with Gasteiger partial charge in [0, 0.05) is 20.1 Å². The second-order valence-electron chi connectivity index (χ2n) is 5.54. The molecule has 0 bridgehead atoms. The minimum atomic E-state index is -1.71. The van der Waals surface area contributed by atoms with Gasteiger partial charge in [-0.05, 0) is 5.56 Å². The molecule has 0 unspecified atom stereocenters. The van der Waals surface area contributed by atoms with Crippen LogP contribution in [0.3, 0.4) is 0 Å². The van der Waals surface area contributed by atoms with E-state index in [-0.39, 0.29) is 0 Å². The van der Waals surface area contributed by atoms with E-state index in [1.807, 2.05) is 6.07 Å². The van der Waals surface area contributed by atoms with Crippen molar-refractivity contribution in [3.63, 3.8) is 0 Å². The lowest BCUT2D eigenvalue weighted by Gasteiger charge is -2.32. The topological polar surface area (TPSA) is 97.7 Å². The molecule has 23 heavy (non-hydrogen) atoms. The Balaban J connectivity index is 2.28. The second kappa shape index (κ2) is 4.78. The first-order valence-corrected chi connectivity index (χ1v) is 7.00. The maximum atomic E-state index is 12.7. The smallest absolute Gasteiger partial charge is 0.324 e. The molecule has 1 amide bonds. The molecule has 1 aromatic rings. The summed E-state index contributed by atoms with van der Waals surface area (Å²) in [4.78, 5) is 25.2. The van der Waals surface area contributed by atoms with Crippen LogP contribution in [-0.2, 0) is 23.8 Å². The van der Waals surface area contributed by atoms with E-state index in [9.17, 15) is 14.9 Å². The number of carbonyl (C=O) groups is 2. The first kappa shape index (κ1) is 15.5. The van der Waals surface area contributed by atoms with Gasteiger partial charge in [-0.15, -0.1) is 0 Å². The number of piperidine rings is 1. The fourth-order valence-electron chi connectivity index (χ4n) is 3.99. The van der Waals surface area contributed by atoms with Crippen molar-refractivity contribution in [3.05, 3.63) is 35.9 Å². The van der Waals surface area contributed by atoms with E-state index in [0.29, 0.717) is 5.56 Å². The van der Waals surface area contributed by atoms with Crippen LogP contribution in [-0.4, -0.2) is 39.1 Å². The van der Waals surface area contributed by atoms with Crippen LogP contribution in [0.4, 0.5) is 0 Å². The van der Waals surface area contributed by atoms with Crippen LogP contribution in [0.25, 0.3) is 0 Å². The molecule has 1 heterocycles. The van der Waals surface area contributed by atoms with Gasteiger partial charge in [0.25, 0.3) is 5.91 Å². The molecule has 1 saturated carbocycles. The predicted octanol–water partition coefficient (Wildman–Crippen LogP) is 0.530. The molecule has 3 atom stereocenters. The number of fused-ring (bicyclic) bond motifs is 1. The van der Waals surface area contributed by atoms with E-state index < -0.39 is 34.5 Å². The standard InChI is InChI=1S/C16H16N2O5/c1-21-13(20)15-11(10-7-5-4-6-8-10)14(15,9-17)16(22-2,23-3)18-12(15)19/h4-8,11H,1-3H3,(H,18,19)/t11-,14-,15-/m1/s1. The van der Waals surface area contributed by atoms with Crippen LogP contribution >= 0.6 is 0 Å². The number of carbonyl (C=O) groups excluding carboxylic acids is 2. The SMILES string of the molecule is COC(=O)[C@@]12C(=O)NC(OC)(OC)[C@]1(C#N)[C@H]2c1ccccc1. The molecule has 7 nitrogen and oxygen atoms in total. The molecule has 2 aliphatic rings. The van der Waals surface area contributed by atoms with Crippen LogP contribution in [0.5, 0.6) is 0 Å². The highest BCUT2D eigenvalue weighted by molar-refractivity contribution is 6.13. The molecule has 1 aromatic carbocycles. The average Bonchev–Trinajstić information content (AvgIpc) is 3.19. The fourth-order valence-corrected chi connectivity index (χ4v) is 3.99. The van der Waals surface area contributed by atoms with Gasteiger partial charge in [0.15, 0.2) is 10.8 Å². The zero-order valence-electron chi connectivity index (χ0n) is 13.0. The van der Waals surface area contributed by atoms with Crippen molar-refractivity contribution in [3.8, 4) is 6.07 Å². The van der Waals surface area contributed by atoms with Gasteiger partial charge in [0.2, 0.25) is 5.91 Å². The van der Waals surface area contributed by atoms with E-state index in [1.54, 1.807) is 24.3 Å². The van der Waals surface area contributed by atoms with Crippen molar-refractivity contribution in [1.82, 2.24) is 5.32 Å². The maximum absolute atomic E-state index is 12.7. The summed E-state index contributed by atoms with van der Waals surface area (Å²) in [5.41, 5.74) is -2.56. The zero-order valence-corrected chi connectivity index (χ0v) is 13.0. The van der Waals surface area contributed by atoms with E-state index in [1.165, 1.54) is 21.3 Å². The number of methoxy groups -OCH3 is 3. The van der Waals surface area contributed by atoms with Crippen molar-refractivity contribution < 1.29 is 23.8 Å². The molecular formula is C16H16N2O5. The van der Waals surface area contributed by atoms with Gasteiger partial charge in [-0.3, -0.25) is 9.59 Å². The highest BCUT2D eigenvalue weighted by Crippen LogP contribution is 2.81. The molecule has 1 aliphatic carbocycles. The number of nitriles is 1. The minimum Gasteiger partial charge on any atom is -0.468 e. The summed E-state index contributed by atoms with van der Waals surface area (Å²) in [5, 5.41) is 12.4. The van der Waals surface area contributed by atoms with Gasteiger partial charge in [0.1, 0.15) is 0 Å². The predicted molar refractivity (Wildman–Crippen MR) is 76.6 cm³/mol. The van der Waals surface area contributed by atoms with Crippen molar-refractivity contribution in [2.45, 2.75) is 11.8 Å². The Kier molecular flexibility index (Phi) is 3.21. The molecule has 0 spiro atoms. The number of nitrogens with one attached hydrogen (secondary N) is 1. The number of hydrogen-bond donors (Lipinski definition) is 1. The normalized spacial score (nSPS) is 33.3. The summed E-state index contributed by atoms with van der Waals surface area (Å²) < 4.78 is 15.6. The lowest BCUT2D eigenvalue weighted by atomic mass is 9.94. The van der Waals surface area contributed by atoms with Crippen LogP contribution in [0.1, 0.15) is 11.5 Å². The van der Waals surface area contributed by atoms with Crippen molar-refractivity contribution in [2.75, 3.05) is 21.3 Å². The number of esters is 1. The lowest BCUT2D eigenvalue weighted by molar-refractivity contribution is -0.248. The van der Waals surface area contributed by atoms with Gasteiger partial charge >= 0.3 is 5.97 Å². The Morgan fingerprint density at radius 2 is 1.83 bits per heavy atom. The molecule has 0 radical (unpaired) electrons. The molecule has 1 aliphatic heterocycles. The van der Waals surface area contributed by atoms with Crippen LogP contribution < -0.4 is 5.32 Å². The summed E-state index contributed by atoms with van der Waals surface area (Å²) in [6.07, 6.45) is 0. The van der Waals surface area contributed by atoms with E-state index >= 15 is 0 Å². The highest BCUT2D eigenvalue weighted by Gasteiger charge is 2.98. The first-order chi connectivity index (χ1) is 11.0. The van der Waals surface area contributed by atoms with Gasteiger partial charge in [0.05, 0.1) is 13.2 Å². The first-order valence-electron chi connectivity index (χ1n) is 7.00. The van der Waals surface area contributed by atoms with Gasteiger partial charge in [-0.2, -0.15) is 5.26 Å². The van der Waals surface area contributed by atoms with Crippen LogP contribution in [0, 0.1) is 22.2 Å². The molecule has 2 fully saturated rings. The summed E-state index contributed by atoms with van der Waals surface area (Å²) in [7, 11) is 3.82. The molecule has 1 N–H and O–H groups in total. The van der Waals surface area contributed by atoms with E-state index in [4.69, 9.17) is 14.2 Å². The highest BCUT2D eigenvalue weighted by atomic mass is 16.7. The summed E-state index contributed by atoms with van der Waals surface area (Å²) in [6.45, 7) is 0. The lowest BCUT2D eigenvalue weighted by Crippen LogP contribution is -2.54. The monoisotopic (exact) mass is 316 g/mol. The van der Waals surface area contributed by atoms with Crippen molar-refractivity contribution >= 4 is 11.9 Å². The number of ether oxygens (including phenoxy) is 3. The molecule has 7 heteroatoms. The number of amides is 1. The van der Waals surface area contributed by atoms with Crippen LogP contribution in [0.15, 0.2) is 30.3 Å². The maximum Gasteiger partial charge on any atom is 0.324 e. The average molecular weight is 316 g/mol. The summed E-state index contributed by atoms with van der Waals surface area (Å²) >= 11 is 0. The summed E-state index contributed by atoms with van der Waals surface area (Å²) in [6, 6.07) is 11.0. The largest absolute Gasteiger partial charge is 0.468 e. The summed E-state index contributed by atoms with van der Waals surface area (Å²) in [5.74, 6) is -3.85. The van der Waals surface area contributed by atoms with Crippen LogP contribution in [0.2, 0.25) is 0 Å². The molecule has 120 valence electrons. The fraction of sp³-hybridized carbons (Fsp3) is 0.438. The van der Waals surface area contributed by atoms with Gasteiger partial charge in [-0.1, -0.05) is 30.3 Å². The Labute approximate surface area is 133 Å². The number of rotatable bonds is 4. The molecule has 1 saturated heterocycles. The van der Waals surface area contributed by atoms with Gasteiger partial charge < -0.3 is 19.5 Å². The van der Waals surface area contributed by atoms with E-state index in [0.717, 1.165) is 0 Å². The third kappa shape index (κ3) is 1.41. The third-order valence-electron chi connectivity index (χ3n) is 4.95. The minimum absolute atomic E-state index is 0.636. The van der Waals surface area contributed by atoms with Gasteiger partial charge in [-0.25, -0.2) is 0 Å². The zero-order chi connectivity index (χ0) is 16.9. The number of hydrogen-bond acceptors (Lipinski definition) is 6. The Morgan fingerprint density at radius 1 is 1.22 bits per heavy atom. The number of benzene rings is 1. The third-order valence-corrected chi connectivity index (χ3v) is 4.95. The molecule has 0 aromatic heterocycles. The van der Waals surface area contributed by atoms with Crippen molar-refractivity contribution in [1.29, 1.82) is 5.26 Å². The van der Waals surface area contributed by atoms with Crippen molar-refractivity contribution in [2.24, 2.45) is 10.8 Å². The van der Waals surface area contributed by atoms with E-state index in [2.05, 4.69) is 11.4 Å². The Morgan fingerprint density at radius 3 is 2.30 bits per heavy atom. The Bertz CT molecular complexity index is 709. The molecular weight excluding hydrogens is 300 g/mol. The number of nitrogens with zero attached hydrogens (tertiary/aromatic N) is 1.